The normalized spacial score (nSPS) is 31.4. The van der Waals surface area contributed by atoms with Crippen LogP contribution in [0.15, 0.2) is 71.2 Å². The van der Waals surface area contributed by atoms with Crippen molar-refractivity contribution in [3.8, 4) is 0 Å². The van der Waals surface area contributed by atoms with Gasteiger partial charge in [0.2, 0.25) is 5.78 Å². The largest absolute Gasteiger partial charge is 0.331 e. The van der Waals surface area contributed by atoms with Crippen LogP contribution in [0.4, 0.5) is 0 Å². The minimum Gasteiger partial charge on any atom is -0.331 e. The van der Waals surface area contributed by atoms with Crippen LogP contribution in [0.5, 0.6) is 0 Å². The zero-order valence-electron chi connectivity index (χ0n) is 14.8. The van der Waals surface area contributed by atoms with Crippen molar-refractivity contribution < 1.29 is 9.59 Å². The first-order valence-corrected chi connectivity index (χ1v) is 10.2. The number of fused-ring (bicyclic) bond motifs is 3. The molecule has 27 heavy (non-hydrogen) atoms. The highest BCUT2D eigenvalue weighted by Crippen LogP contribution is 2.63. The van der Waals surface area contributed by atoms with Crippen LogP contribution in [0.1, 0.15) is 23.5 Å². The fraction of sp³-hybridized carbons (Fsp3) is 0.304. The van der Waals surface area contributed by atoms with Crippen LogP contribution >= 0.6 is 15.9 Å². The quantitative estimate of drug-likeness (QED) is 0.545. The number of carbonyl (C=O) groups excluding carboxylic acids is 2. The number of ketones is 1. The molecule has 1 aliphatic heterocycles. The van der Waals surface area contributed by atoms with E-state index in [0.717, 1.165) is 22.0 Å². The van der Waals surface area contributed by atoms with Gasteiger partial charge in [-0.1, -0.05) is 70.5 Å². The predicted octanol–water partition coefficient (Wildman–Crippen LogP) is 4.34. The van der Waals surface area contributed by atoms with Crippen molar-refractivity contribution in [2.45, 2.75) is 18.9 Å². The number of hydrogen-bond donors (Lipinski definition) is 0. The number of halogens is 1. The standard InChI is InChI=1S/C23H20BrNO2/c24-19-10-7-16(8-11-19)20-17-6-9-18(12-17)23(20)14-25(22(27)21(23)26)13-15-4-2-1-3-5-15/h1-11,17-18,20H,12-14H2/t17-,18+,20-,23-/m1/s1. The van der Waals surface area contributed by atoms with Crippen LogP contribution < -0.4 is 0 Å². The van der Waals surface area contributed by atoms with Gasteiger partial charge in [0.15, 0.2) is 0 Å². The Morgan fingerprint density at radius 1 is 1.00 bits per heavy atom. The lowest BCUT2D eigenvalue weighted by Gasteiger charge is -2.37. The SMILES string of the molecule is O=C1C(=O)[C@@]2(CN1Cc1ccccc1)[C@H](c1ccc(Br)cc1)[C@@H]1C=C[C@H]2C1. The van der Waals surface area contributed by atoms with Crippen molar-refractivity contribution in [2.24, 2.45) is 17.3 Å². The number of rotatable bonds is 3. The molecule has 0 radical (unpaired) electrons. The first kappa shape index (κ1) is 16.9. The van der Waals surface area contributed by atoms with Crippen molar-refractivity contribution in [1.82, 2.24) is 4.90 Å². The summed E-state index contributed by atoms with van der Waals surface area (Å²) in [5.74, 6) is 0.0703. The van der Waals surface area contributed by atoms with Gasteiger partial charge in [-0.2, -0.15) is 0 Å². The maximum atomic E-state index is 13.3. The molecule has 0 N–H and O–H groups in total. The highest BCUT2D eigenvalue weighted by atomic mass is 79.9. The van der Waals surface area contributed by atoms with E-state index in [0.29, 0.717) is 19.0 Å². The highest BCUT2D eigenvalue weighted by Gasteiger charge is 2.66. The van der Waals surface area contributed by atoms with Crippen molar-refractivity contribution in [3.63, 3.8) is 0 Å². The molecule has 136 valence electrons. The molecule has 1 saturated heterocycles. The minimum absolute atomic E-state index is 0.0813. The number of Topliss-reactive ketones (excluding diaryl/α,β-unsaturated/α-hetero) is 1. The average Bonchev–Trinajstić information content (AvgIpc) is 3.34. The van der Waals surface area contributed by atoms with Gasteiger partial charge in [0.25, 0.3) is 5.91 Å². The van der Waals surface area contributed by atoms with Gasteiger partial charge >= 0.3 is 0 Å². The second-order valence-electron chi connectivity index (χ2n) is 7.94. The van der Waals surface area contributed by atoms with Gasteiger partial charge in [0.05, 0.1) is 5.41 Å². The minimum atomic E-state index is -0.612. The Hall–Kier alpha value is -2.20. The topological polar surface area (TPSA) is 37.4 Å². The van der Waals surface area contributed by atoms with E-state index in [1.165, 1.54) is 0 Å². The number of nitrogens with zero attached hydrogens (tertiary/aromatic N) is 1. The van der Waals surface area contributed by atoms with E-state index in [2.05, 4.69) is 40.2 Å². The average molecular weight is 422 g/mol. The van der Waals surface area contributed by atoms with E-state index in [1.54, 1.807) is 4.90 Å². The fourth-order valence-corrected chi connectivity index (χ4v) is 5.71. The zero-order chi connectivity index (χ0) is 18.6. The van der Waals surface area contributed by atoms with Crippen molar-refractivity contribution in [2.75, 3.05) is 6.54 Å². The Bertz CT molecular complexity index is 937. The lowest BCUT2D eigenvalue weighted by Crippen LogP contribution is -2.41. The molecule has 3 nitrogen and oxygen atoms in total. The molecular weight excluding hydrogens is 402 g/mol. The lowest BCUT2D eigenvalue weighted by molar-refractivity contribution is -0.143. The Morgan fingerprint density at radius 3 is 2.48 bits per heavy atom. The molecule has 2 bridgehead atoms. The summed E-state index contributed by atoms with van der Waals surface area (Å²) in [4.78, 5) is 28.0. The first-order chi connectivity index (χ1) is 13.1. The molecule has 0 aromatic heterocycles. The number of hydrogen-bond acceptors (Lipinski definition) is 2. The third kappa shape index (κ3) is 2.46. The summed E-state index contributed by atoms with van der Waals surface area (Å²) < 4.78 is 1.03. The van der Waals surface area contributed by atoms with Gasteiger partial charge in [-0.3, -0.25) is 9.59 Å². The van der Waals surface area contributed by atoms with E-state index in [1.807, 2.05) is 42.5 Å². The van der Waals surface area contributed by atoms with E-state index >= 15 is 0 Å². The van der Waals surface area contributed by atoms with Crippen molar-refractivity contribution in [3.05, 3.63) is 82.3 Å². The molecule has 1 saturated carbocycles. The van der Waals surface area contributed by atoms with Crippen LogP contribution in [-0.4, -0.2) is 23.1 Å². The van der Waals surface area contributed by atoms with Gasteiger partial charge in [0, 0.05) is 23.5 Å². The summed E-state index contributed by atoms with van der Waals surface area (Å²) in [6, 6.07) is 18.2. The Labute approximate surface area is 167 Å². The third-order valence-corrected chi connectivity index (χ3v) is 7.09. The third-order valence-electron chi connectivity index (χ3n) is 6.56. The zero-order valence-corrected chi connectivity index (χ0v) is 16.4. The molecule has 1 amide bonds. The summed E-state index contributed by atoms with van der Waals surface area (Å²) >= 11 is 3.49. The van der Waals surface area contributed by atoms with Crippen LogP contribution in [0.25, 0.3) is 0 Å². The maximum Gasteiger partial charge on any atom is 0.290 e. The van der Waals surface area contributed by atoms with E-state index < -0.39 is 5.41 Å². The summed E-state index contributed by atoms with van der Waals surface area (Å²) in [5.41, 5.74) is 1.62. The summed E-state index contributed by atoms with van der Waals surface area (Å²) in [5, 5.41) is 0. The number of benzene rings is 2. The number of likely N-dealkylation sites (tertiary alicyclic amines) is 1. The van der Waals surface area contributed by atoms with Crippen LogP contribution in [0.3, 0.4) is 0 Å². The van der Waals surface area contributed by atoms with E-state index in [9.17, 15) is 9.59 Å². The van der Waals surface area contributed by atoms with Crippen LogP contribution in [0.2, 0.25) is 0 Å². The van der Waals surface area contributed by atoms with Crippen molar-refractivity contribution >= 4 is 27.6 Å². The van der Waals surface area contributed by atoms with Crippen LogP contribution in [-0.2, 0) is 16.1 Å². The molecule has 5 rings (SSSR count). The molecule has 2 aromatic carbocycles. The summed E-state index contributed by atoms with van der Waals surface area (Å²) in [6.45, 7) is 1.02. The van der Waals surface area contributed by atoms with Gasteiger partial charge in [-0.05, 0) is 41.5 Å². The molecular formula is C23H20BrNO2. The van der Waals surface area contributed by atoms with Gasteiger partial charge in [-0.15, -0.1) is 0 Å². The van der Waals surface area contributed by atoms with Gasteiger partial charge < -0.3 is 4.90 Å². The number of allylic oxidation sites excluding steroid dienone is 2. The van der Waals surface area contributed by atoms with E-state index in [-0.39, 0.29) is 23.5 Å². The Balaban J connectivity index is 1.53. The van der Waals surface area contributed by atoms with Crippen LogP contribution in [0, 0.1) is 17.3 Å². The number of amides is 1. The van der Waals surface area contributed by atoms with Gasteiger partial charge in [0.1, 0.15) is 0 Å². The fourth-order valence-electron chi connectivity index (χ4n) is 5.44. The monoisotopic (exact) mass is 421 g/mol. The molecule has 0 unspecified atom stereocenters. The maximum absolute atomic E-state index is 13.3. The Morgan fingerprint density at radius 2 is 1.74 bits per heavy atom. The Kier molecular flexibility index (Phi) is 3.87. The molecule has 2 fully saturated rings. The van der Waals surface area contributed by atoms with E-state index in [4.69, 9.17) is 0 Å². The predicted molar refractivity (Wildman–Crippen MR) is 107 cm³/mol. The highest BCUT2D eigenvalue weighted by molar-refractivity contribution is 9.10. The molecule has 4 atom stereocenters. The molecule has 1 heterocycles. The smallest absolute Gasteiger partial charge is 0.290 e. The lowest BCUT2D eigenvalue weighted by atomic mass is 9.64. The van der Waals surface area contributed by atoms with Gasteiger partial charge in [-0.25, -0.2) is 0 Å². The molecule has 2 aromatic rings. The second-order valence-corrected chi connectivity index (χ2v) is 8.85. The molecule has 3 aliphatic rings. The molecule has 1 spiro atoms. The number of carbonyl (C=O) groups is 2. The molecule has 4 heteroatoms. The first-order valence-electron chi connectivity index (χ1n) is 9.41. The summed E-state index contributed by atoms with van der Waals surface area (Å²) in [6.07, 6.45) is 5.40. The summed E-state index contributed by atoms with van der Waals surface area (Å²) in [7, 11) is 0. The molecule has 2 aliphatic carbocycles. The van der Waals surface area contributed by atoms with Crippen molar-refractivity contribution in [1.29, 1.82) is 0 Å². The second kappa shape index (κ2) is 6.16.